The van der Waals surface area contributed by atoms with Gasteiger partial charge in [-0.1, -0.05) is 48.5 Å². The Morgan fingerprint density at radius 2 is 1.83 bits per heavy atom. The van der Waals surface area contributed by atoms with Crippen LogP contribution in [0.1, 0.15) is 31.3 Å². The maximum Gasteiger partial charge on any atom is 0.191 e. The van der Waals surface area contributed by atoms with E-state index >= 15 is 0 Å². The summed E-state index contributed by atoms with van der Waals surface area (Å²) in [4.78, 5) is 4.75. The van der Waals surface area contributed by atoms with Gasteiger partial charge in [-0.3, -0.25) is 9.39 Å². The Labute approximate surface area is 193 Å². The highest BCUT2D eigenvalue weighted by Gasteiger charge is 2.11. The van der Waals surface area contributed by atoms with Crippen molar-refractivity contribution in [2.75, 3.05) is 13.1 Å². The maximum absolute atomic E-state index is 4.75. The SMILES string of the molecule is CCNC(=NCCc1nnc2ccccn12)NC(C)c1cccc2ccccc12.I. The van der Waals surface area contributed by atoms with Crippen LogP contribution < -0.4 is 10.6 Å². The molecule has 0 saturated heterocycles. The molecule has 0 fully saturated rings. The molecule has 6 nitrogen and oxygen atoms in total. The molecule has 4 rings (SSSR count). The third kappa shape index (κ3) is 4.89. The van der Waals surface area contributed by atoms with Crippen LogP contribution in [0.15, 0.2) is 71.9 Å². The lowest BCUT2D eigenvalue weighted by Crippen LogP contribution is -2.39. The van der Waals surface area contributed by atoms with Crippen LogP contribution >= 0.6 is 24.0 Å². The number of nitrogens with zero attached hydrogens (tertiary/aromatic N) is 4. The molecule has 0 saturated carbocycles. The summed E-state index contributed by atoms with van der Waals surface area (Å²) in [6.45, 7) is 5.68. The fourth-order valence-corrected chi connectivity index (χ4v) is 3.56. The van der Waals surface area contributed by atoms with Crippen molar-refractivity contribution < 1.29 is 0 Å². The topological polar surface area (TPSA) is 66.6 Å². The van der Waals surface area contributed by atoms with Gasteiger partial charge in [-0.15, -0.1) is 34.2 Å². The van der Waals surface area contributed by atoms with Crippen molar-refractivity contribution in [2.45, 2.75) is 26.3 Å². The van der Waals surface area contributed by atoms with Gasteiger partial charge in [0.1, 0.15) is 5.82 Å². The van der Waals surface area contributed by atoms with Gasteiger partial charge in [0.05, 0.1) is 6.04 Å². The number of nitrogens with one attached hydrogen (secondary N) is 2. The fourth-order valence-electron chi connectivity index (χ4n) is 3.56. The molecule has 0 radical (unpaired) electrons. The van der Waals surface area contributed by atoms with E-state index in [1.807, 2.05) is 28.8 Å². The largest absolute Gasteiger partial charge is 0.357 e. The van der Waals surface area contributed by atoms with Gasteiger partial charge >= 0.3 is 0 Å². The van der Waals surface area contributed by atoms with E-state index in [9.17, 15) is 0 Å². The molecule has 4 aromatic rings. The highest BCUT2D eigenvalue weighted by molar-refractivity contribution is 14.0. The zero-order chi connectivity index (χ0) is 20.1. The van der Waals surface area contributed by atoms with Crippen LogP contribution in [0, 0.1) is 0 Å². The van der Waals surface area contributed by atoms with Gasteiger partial charge in [-0.25, -0.2) is 0 Å². The van der Waals surface area contributed by atoms with E-state index in [1.165, 1.54) is 16.3 Å². The smallest absolute Gasteiger partial charge is 0.191 e. The Kier molecular flexibility index (Phi) is 7.62. The third-order valence-electron chi connectivity index (χ3n) is 4.98. The highest BCUT2D eigenvalue weighted by atomic mass is 127. The molecule has 0 amide bonds. The number of aliphatic imine (C=N–C) groups is 1. The number of guanidine groups is 1. The van der Waals surface area contributed by atoms with Gasteiger partial charge in [-0.2, -0.15) is 0 Å². The molecule has 7 heteroatoms. The van der Waals surface area contributed by atoms with Crippen molar-refractivity contribution in [3.63, 3.8) is 0 Å². The van der Waals surface area contributed by atoms with E-state index in [4.69, 9.17) is 4.99 Å². The molecule has 30 heavy (non-hydrogen) atoms. The molecule has 0 spiro atoms. The van der Waals surface area contributed by atoms with Crippen molar-refractivity contribution in [1.82, 2.24) is 25.2 Å². The first-order valence-electron chi connectivity index (χ1n) is 10.1. The first kappa shape index (κ1) is 22.0. The molecule has 0 aliphatic carbocycles. The van der Waals surface area contributed by atoms with Gasteiger partial charge in [-0.05, 0) is 42.3 Å². The summed E-state index contributed by atoms with van der Waals surface area (Å²) < 4.78 is 2.01. The first-order valence-corrected chi connectivity index (χ1v) is 10.1. The molecule has 0 bridgehead atoms. The quantitative estimate of drug-likeness (QED) is 0.228. The van der Waals surface area contributed by atoms with Crippen molar-refractivity contribution in [3.8, 4) is 0 Å². The van der Waals surface area contributed by atoms with Crippen LogP contribution in [0.2, 0.25) is 0 Å². The minimum absolute atomic E-state index is 0. The minimum Gasteiger partial charge on any atom is -0.357 e. The number of pyridine rings is 1. The van der Waals surface area contributed by atoms with Gasteiger partial charge < -0.3 is 10.6 Å². The lowest BCUT2D eigenvalue weighted by atomic mass is 10.00. The zero-order valence-electron chi connectivity index (χ0n) is 17.2. The van der Waals surface area contributed by atoms with Gasteiger partial charge in [0.15, 0.2) is 11.6 Å². The number of hydrogen-bond acceptors (Lipinski definition) is 3. The van der Waals surface area contributed by atoms with Crippen molar-refractivity contribution in [2.24, 2.45) is 4.99 Å². The van der Waals surface area contributed by atoms with Crippen molar-refractivity contribution in [1.29, 1.82) is 0 Å². The van der Waals surface area contributed by atoms with E-state index in [0.717, 1.165) is 30.4 Å². The Balaban J connectivity index is 0.00000256. The van der Waals surface area contributed by atoms with Crippen molar-refractivity contribution in [3.05, 3.63) is 78.2 Å². The lowest BCUT2D eigenvalue weighted by molar-refractivity contribution is 0.689. The number of halogens is 1. The molecule has 1 unspecified atom stereocenters. The van der Waals surface area contributed by atoms with Crippen LogP contribution in [0.4, 0.5) is 0 Å². The second-order valence-corrected chi connectivity index (χ2v) is 6.99. The summed E-state index contributed by atoms with van der Waals surface area (Å²) in [5, 5.41) is 17.9. The van der Waals surface area contributed by atoms with Crippen LogP contribution in [0.3, 0.4) is 0 Å². The van der Waals surface area contributed by atoms with Crippen LogP contribution in [-0.2, 0) is 6.42 Å². The van der Waals surface area contributed by atoms with Gasteiger partial charge in [0.2, 0.25) is 0 Å². The summed E-state index contributed by atoms with van der Waals surface area (Å²) in [7, 11) is 0. The second kappa shape index (κ2) is 10.4. The van der Waals surface area contributed by atoms with Crippen LogP contribution in [0.25, 0.3) is 16.4 Å². The number of aromatic nitrogens is 3. The molecule has 156 valence electrons. The first-order chi connectivity index (χ1) is 14.3. The van der Waals surface area contributed by atoms with E-state index < -0.39 is 0 Å². The average molecular weight is 514 g/mol. The van der Waals surface area contributed by atoms with Crippen molar-refractivity contribution >= 4 is 46.4 Å². The highest BCUT2D eigenvalue weighted by Crippen LogP contribution is 2.23. The van der Waals surface area contributed by atoms with Crippen LogP contribution in [-0.4, -0.2) is 33.6 Å². The maximum atomic E-state index is 4.75. The number of hydrogen-bond donors (Lipinski definition) is 2. The predicted octanol–water partition coefficient (Wildman–Crippen LogP) is 4.36. The second-order valence-electron chi connectivity index (χ2n) is 6.99. The Morgan fingerprint density at radius 1 is 1.03 bits per heavy atom. The molecule has 2 aromatic heterocycles. The molecule has 2 N–H and O–H groups in total. The van der Waals surface area contributed by atoms with E-state index in [1.54, 1.807) is 0 Å². The number of fused-ring (bicyclic) bond motifs is 2. The summed E-state index contributed by atoms with van der Waals surface area (Å²) in [5.41, 5.74) is 2.12. The van der Waals surface area contributed by atoms with Gasteiger partial charge in [0.25, 0.3) is 0 Å². The fraction of sp³-hybridized carbons (Fsp3) is 0.261. The average Bonchev–Trinajstić information content (AvgIpc) is 3.16. The van der Waals surface area contributed by atoms with E-state index in [-0.39, 0.29) is 30.0 Å². The normalized spacial score (nSPS) is 12.5. The third-order valence-corrected chi connectivity index (χ3v) is 4.98. The molecule has 0 aliphatic rings. The molecular weight excluding hydrogens is 487 g/mol. The summed E-state index contributed by atoms with van der Waals surface area (Å²) in [6, 6.07) is 20.9. The zero-order valence-corrected chi connectivity index (χ0v) is 19.6. The number of rotatable bonds is 6. The van der Waals surface area contributed by atoms with E-state index in [0.29, 0.717) is 6.54 Å². The summed E-state index contributed by atoms with van der Waals surface area (Å²) in [5.74, 6) is 1.73. The monoisotopic (exact) mass is 514 g/mol. The molecule has 1 atom stereocenters. The van der Waals surface area contributed by atoms with Crippen LogP contribution in [0.5, 0.6) is 0 Å². The lowest BCUT2D eigenvalue weighted by Gasteiger charge is -2.19. The minimum atomic E-state index is 0. The predicted molar refractivity (Wildman–Crippen MR) is 134 cm³/mol. The number of benzene rings is 2. The Bertz CT molecular complexity index is 1130. The standard InChI is InChI=1S/C23H26N6.HI/c1-3-24-23(25-15-14-22-28-27-21-13-6-7-16-29(21)22)26-17(2)19-12-8-10-18-9-4-5-11-20(18)19;/h4-13,16-17H,3,14-15H2,1-2H3,(H2,24,25,26);1H. The molecule has 2 heterocycles. The summed E-state index contributed by atoms with van der Waals surface area (Å²) in [6.07, 6.45) is 2.71. The summed E-state index contributed by atoms with van der Waals surface area (Å²) >= 11 is 0. The molecular formula is C23H27IN6. The molecule has 2 aromatic carbocycles. The van der Waals surface area contributed by atoms with E-state index in [2.05, 4.69) is 77.1 Å². The van der Waals surface area contributed by atoms with Gasteiger partial charge in [0, 0.05) is 25.7 Å². The molecule has 0 aliphatic heterocycles. The Hall–Kier alpha value is -2.68. The Morgan fingerprint density at radius 3 is 2.70 bits per heavy atom.